The van der Waals surface area contributed by atoms with Crippen molar-refractivity contribution in [3.8, 4) is 5.75 Å². The lowest BCUT2D eigenvalue weighted by Crippen LogP contribution is -2.50. The Balaban J connectivity index is 1.61. The first-order valence-corrected chi connectivity index (χ1v) is 11.9. The standard InChI is InChI=1S/C25H26N2O4S/c1-17-4-9-20(10-5-17)15-26-25(28)24-16-27(22-14-19(3)8-13-23(22)31-24)32(29,30)21-11-6-18(2)7-12-21/h4-14,24H,15-16H2,1-3H3,(H,26,28)/t24-/m1/s1. The Kier molecular flexibility index (Phi) is 5.93. The summed E-state index contributed by atoms with van der Waals surface area (Å²) in [7, 11) is -3.87. The Morgan fingerprint density at radius 3 is 2.19 bits per heavy atom. The Hall–Kier alpha value is -3.32. The molecular formula is C25H26N2O4S. The molecule has 0 saturated carbocycles. The van der Waals surface area contributed by atoms with E-state index in [1.54, 1.807) is 36.4 Å². The normalized spacial score (nSPS) is 15.6. The highest BCUT2D eigenvalue weighted by Crippen LogP contribution is 2.37. The summed E-state index contributed by atoms with van der Waals surface area (Å²) in [6, 6.07) is 19.9. The molecule has 32 heavy (non-hydrogen) atoms. The van der Waals surface area contributed by atoms with Crippen molar-refractivity contribution in [1.82, 2.24) is 5.32 Å². The molecule has 0 unspecified atom stereocenters. The van der Waals surface area contributed by atoms with E-state index in [1.807, 2.05) is 51.1 Å². The predicted molar refractivity (Wildman–Crippen MR) is 124 cm³/mol. The zero-order valence-electron chi connectivity index (χ0n) is 18.3. The number of hydrogen-bond acceptors (Lipinski definition) is 4. The minimum atomic E-state index is -3.87. The summed E-state index contributed by atoms with van der Waals surface area (Å²) in [5.41, 5.74) is 4.40. The van der Waals surface area contributed by atoms with Crippen LogP contribution in [-0.2, 0) is 21.4 Å². The number of aryl methyl sites for hydroxylation is 3. The van der Waals surface area contributed by atoms with Gasteiger partial charge in [0.2, 0.25) is 0 Å². The smallest absolute Gasteiger partial charge is 0.264 e. The van der Waals surface area contributed by atoms with Gasteiger partial charge < -0.3 is 10.1 Å². The molecule has 4 rings (SSSR count). The van der Waals surface area contributed by atoms with E-state index in [-0.39, 0.29) is 17.3 Å². The van der Waals surface area contributed by atoms with Crippen LogP contribution in [-0.4, -0.2) is 27.0 Å². The average molecular weight is 451 g/mol. The number of hydrogen-bond donors (Lipinski definition) is 1. The van der Waals surface area contributed by atoms with Gasteiger partial charge in [0.15, 0.2) is 6.10 Å². The molecule has 0 saturated heterocycles. The molecule has 7 heteroatoms. The molecule has 6 nitrogen and oxygen atoms in total. The van der Waals surface area contributed by atoms with Crippen LogP contribution in [0, 0.1) is 20.8 Å². The topological polar surface area (TPSA) is 75.7 Å². The predicted octanol–water partition coefficient (Wildman–Crippen LogP) is 3.88. The summed E-state index contributed by atoms with van der Waals surface area (Å²) < 4.78 is 34.2. The molecular weight excluding hydrogens is 424 g/mol. The molecule has 0 bridgehead atoms. The van der Waals surface area contributed by atoms with Gasteiger partial charge in [-0.15, -0.1) is 0 Å². The fourth-order valence-corrected chi connectivity index (χ4v) is 5.04. The van der Waals surface area contributed by atoms with Gasteiger partial charge in [-0.05, 0) is 56.2 Å². The molecule has 0 fully saturated rings. The van der Waals surface area contributed by atoms with E-state index in [1.165, 1.54) is 4.31 Å². The molecule has 1 aliphatic heterocycles. The lowest BCUT2D eigenvalue weighted by molar-refractivity contribution is -0.127. The maximum absolute atomic E-state index is 13.5. The molecule has 0 radical (unpaired) electrons. The summed E-state index contributed by atoms with van der Waals surface area (Å²) in [6.45, 7) is 6.02. The van der Waals surface area contributed by atoms with E-state index >= 15 is 0 Å². The molecule has 1 amide bonds. The summed E-state index contributed by atoms with van der Waals surface area (Å²) in [5.74, 6) is 0.00827. The quantitative estimate of drug-likeness (QED) is 0.640. The van der Waals surface area contributed by atoms with Crippen LogP contribution in [0.5, 0.6) is 5.75 Å². The number of fused-ring (bicyclic) bond motifs is 1. The van der Waals surface area contributed by atoms with Crippen LogP contribution in [0.2, 0.25) is 0 Å². The largest absolute Gasteiger partial charge is 0.476 e. The number of anilines is 1. The van der Waals surface area contributed by atoms with Gasteiger partial charge in [0.1, 0.15) is 5.75 Å². The number of benzene rings is 3. The van der Waals surface area contributed by atoms with E-state index < -0.39 is 16.1 Å². The van der Waals surface area contributed by atoms with Crippen LogP contribution < -0.4 is 14.4 Å². The van der Waals surface area contributed by atoms with Gasteiger partial charge in [-0.25, -0.2) is 8.42 Å². The molecule has 0 aromatic heterocycles. The summed E-state index contributed by atoms with van der Waals surface area (Å²) in [6.07, 6.45) is -0.962. The summed E-state index contributed by atoms with van der Waals surface area (Å²) in [4.78, 5) is 13.1. The molecule has 3 aromatic rings. The summed E-state index contributed by atoms with van der Waals surface area (Å²) >= 11 is 0. The van der Waals surface area contributed by atoms with Crippen molar-refractivity contribution in [1.29, 1.82) is 0 Å². The van der Waals surface area contributed by atoms with Gasteiger partial charge in [0, 0.05) is 6.54 Å². The Morgan fingerprint density at radius 1 is 0.938 bits per heavy atom. The van der Waals surface area contributed by atoms with Gasteiger partial charge in [-0.3, -0.25) is 9.10 Å². The molecule has 0 spiro atoms. The number of amides is 1. The van der Waals surface area contributed by atoms with Gasteiger partial charge >= 0.3 is 0 Å². The van der Waals surface area contributed by atoms with Crippen LogP contribution in [0.25, 0.3) is 0 Å². The van der Waals surface area contributed by atoms with Crippen LogP contribution in [0.3, 0.4) is 0 Å². The minimum Gasteiger partial charge on any atom is -0.476 e. The van der Waals surface area contributed by atoms with E-state index in [9.17, 15) is 13.2 Å². The number of nitrogens with one attached hydrogen (secondary N) is 1. The molecule has 1 heterocycles. The highest BCUT2D eigenvalue weighted by molar-refractivity contribution is 7.92. The second kappa shape index (κ2) is 8.67. The Bertz CT molecular complexity index is 1240. The van der Waals surface area contributed by atoms with Gasteiger partial charge in [-0.1, -0.05) is 53.6 Å². The van der Waals surface area contributed by atoms with E-state index in [2.05, 4.69) is 5.32 Å². The zero-order valence-corrected chi connectivity index (χ0v) is 19.1. The maximum atomic E-state index is 13.5. The van der Waals surface area contributed by atoms with Crippen molar-refractivity contribution in [2.24, 2.45) is 0 Å². The number of carbonyl (C=O) groups excluding carboxylic acids is 1. The van der Waals surface area contributed by atoms with Crippen molar-refractivity contribution in [2.75, 3.05) is 10.8 Å². The number of ether oxygens (including phenoxy) is 1. The number of carbonyl (C=O) groups is 1. The van der Waals surface area contributed by atoms with Crippen molar-refractivity contribution >= 4 is 21.6 Å². The fourth-order valence-electron chi connectivity index (χ4n) is 3.57. The first kappa shape index (κ1) is 21.9. The van der Waals surface area contributed by atoms with Gasteiger partial charge in [0.25, 0.3) is 15.9 Å². The molecule has 3 aromatic carbocycles. The highest BCUT2D eigenvalue weighted by atomic mass is 32.2. The first-order valence-electron chi connectivity index (χ1n) is 10.4. The monoisotopic (exact) mass is 450 g/mol. The molecule has 166 valence electrons. The second-order valence-electron chi connectivity index (χ2n) is 8.13. The van der Waals surface area contributed by atoms with Crippen LogP contribution in [0.4, 0.5) is 5.69 Å². The van der Waals surface area contributed by atoms with Gasteiger partial charge in [0.05, 0.1) is 17.1 Å². The molecule has 0 aliphatic carbocycles. The average Bonchev–Trinajstić information content (AvgIpc) is 2.78. The van der Waals surface area contributed by atoms with Crippen molar-refractivity contribution in [2.45, 2.75) is 38.3 Å². The van der Waals surface area contributed by atoms with E-state index in [0.29, 0.717) is 18.0 Å². The first-order chi connectivity index (χ1) is 15.2. The summed E-state index contributed by atoms with van der Waals surface area (Å²) in [5, 5.41) is 2.86. The Morgan fingerprint density at radius 2 is 1.53 bits per heavy atom. The van der Waals surface area contributed by atoms with Crippen molar-refractivity contribution in [3.63, 3.8) is 0 Å². The minimum absolute atomic E-state index is 0.105. The highest BCUT2D eigenvalue weighted by Gasteiger charge is 2.37. The molecule has 1 aliphatic rings. The maximum Gasteiger partial charge on any atom is 0.264 e. The third-order valence-corrected chi connectivity index (χ3v) is 7.27. The lowest BCUT2D eigenvalue weighted by atomic mass is 10.1. The lowest BCUT2D eigenvalue weighted by Gasteiger charge is -2.35. The Labute approximate surface area is 188 Å². The third-order valence-electron chi connectivity index (χ3n) is 5.47. The number of nitrogens with zero attached hydrogens (tertiary/aromatic N) is 1. The van der Waals surface area contributed by atoms with Crippen molar-refractivity contribution in [3.05, 3.63) is 89.0 Å². The van der Waals surface area contributed by atoms with Crippen LogP contribution >= 0.6 is 0 Å². The SMILES string of the molecule is Cc1ccc(CNC(=O)[C@H]2CN(S(=O)(=O)c3ccc(C)cc3)c3cc(C)ccc3O2)cc1. The number of rotatable bonds is 5. The van der Waals surface area contributed by atoms with Crippen LogP contribution in [0.15, 0.2) is 71.6 Å². The van der Waals surface area contributed by atoms with Gasteiger partial charge in [-0.2, -0.15) is 0 Å². The molecule has 1 N–H and O–H groups in total. The van der Waals surface area contributed by atoms with Crippen molar-refractivity contribution < 1.29 is 17.9 Å². The number of sulfonamides is 1. The zero-order chi connectivity index (χ0) is 22.9. The molecule has 1 atom stereocenters. The van der Waals surface area contributed by atoms with Crippen LogP contribution in [0.1, 0.15) is 22.3 Å². The van der Waals surface area contributed by atoms with E-state index in [4.69, 9.17) is 4.74 Å². The van der Waals surface area contributed by atoms with E-state index in [0.717, 1.165) is 22.3 Å². The fraction of sp³-hybridized carbons (Fsp3) is 0.240. The third kappa shape index (κ3) is 4.48. The second-order valence-corrected chi connectivity index (χ2v) is 9.99.